The summed E-state index contributed by atoms with van der Waals surface area (Å²) in [6, 6.07) is 0. The number of nitrogens with zero attached hydrogens (tertiary/aromatic N) is 1. The normalized spacial score (nSPS) is 15.4. The van der Waals surface area contributed by atoms with Crippen molar-refractivity contribution < 1.29 is 5.11 Å². The first-order valence-electron chi connectivity index (χ1n) is 11.4. The van der Waals surface area contributed by atoms with Gasteiger partial charge in [-0.15, -0.1) is 0 Å². The van der Waals surface area contributed by atoms with Gasteiger partial charge in [0.1, 0.15) is 0 Å². The number of hydrogen-bond donors (Lipinski definition) is 2. The van der Waals surface area contributed by atoms with Gasteiger partial charge in [-0.3, -0.25) is 4.99 Å². The van der Waals surface area contributed by atoms with Crippen LogP contribution in [-0.4, -0.2) is 30.6 Å². The van der Waals surface area contributed by atoms with Gasteiger partial charge in [-0.2, -0.15) is 0 Å². The molecule has 152 valence electrons. The van der Waals surface area contributed by atoms with E-state index < -0.39 is 0 Å². The molecule has 0 saturated heterocycles. The zero-order valence-electron chi connectivity index (χ0n) is 17.4. The van der Waals surface area contributed by atoms with E-state index in [0.717, 1.165) is 25.9 Å². The van der Waals surface area contributed by atoms with E-state index in [1.807, 2.05) is 0 Å². The number of unbranched alkanes of at least 4 members (excludes halogenated alkanes) is 10. The summed E-state index contributed by atoms with van der Waals surface area (Å²) in [5.41, 5.74) is 0. The molecule has 3 nitrogen and oxygen atoms in total. The number of aliphatic hydroxyl groups is 1. The van der Waals surface area contributed by atoms with Gasteiger partial charge in [0.05, 0.1) is 12.4 Å². The highest BCUT2D eigenvalue weighted by atomic mass is 16.2. The third kappa shape index (κ3) is 12.5. The highest BCUT2D eigenvalue weighted by Crippen LogP contribution is 2.19. The minimum absolute atomic E-state index is 0.300. The lowest BCUT2D eigenvalue weighted by Crippen LogP contribution is -2.27. The Morgan fingerprint density at radius 2 is 1.50 bits per heavy atom. The summed E-state index contributed by atoms with van der Waals surface area (Å²) in [5.74, 6) is 1.75. The molecule has 0 fully saturated rings. The third-order valence-corrected chi connectivity index (χ3v) is 5.36. The minimum atomic E-state index is 0.300. The number of amidine groups is 1. The molecule has 0 aliphatic carbocycles. The molecular formula is C23H44N2O. The molecule has 0 aromatic rings. The largest absolute Gasteiger partial charge is 0.396 e. The Morgan fingerprint density at radius 3 is 2.12 bits per heavy atom. The van der Waals surface area contributed by atoms with E-state index >= 15 is 0 Å². The molecule has 1 atom stereocenters. The smallest absolute Gasteiger partial charge is 0.0995 e. The van der Waals surface area contributed by atoms with Crippen molar-refractivity contribution in [1.82, 2.24) is 5.32 Å². The number of nitrogens with one attached hydrogen (secondary N) is 1. The molecule has 1 heterocycles. The van der Waals surface area contributed by atoms with Gasteiger partial charge in [0.15, 0.2) is 0 Å². The molecule has 0 aromatic carbocycles. The van der Waals surface area contributed by atoms with Gasteiger partial charge in [-0.25, -0.2) is 0 Å². The van der Waals surface area contributed by atoms with Crippen molar-refractivity contribution in [2.24, 2.45) is 10.9 Å². The molecule has 26 heavy (non-hydrogen) atoms. The fraction of sp³-hybridized carbons (Fsp3) is 0.870. The first-order valence-corrected chi connectivity index (χ1v) is 11.4. The van der Waals surface area contributed by atoms with Crippen LogP contribution in [0.15, 0.2) is 17.1 Å². The van der Waals surface area contributed by atoms with Gasteiger partial charge in [0.2, 0.25) is 0 Å². The first-order chi connectivity index (χ1) is 12.9. The second kappa shape index (κ2) is 17.6. The fourth-order valence-corrected chi connectivity index (χ4v) is 3.73. The first kappa shape index (κ1) is 23.2. The Morgan fingerprint density at radius 1 is 0.885 bits per heavy atom. The Balaban J connectivity index is 1.93. The minimum Gasteiger partial charge on any atom is -0.396 e. The zero-order chi connectivity index (χ0) is 18.7. The van der Waals surface area contributed by atoms with E-state index in [-0.39, 0.29) is 0 Å². The molecule has 1 aliphatic rings. The Labute approximate surface area is 162 Å². The van der Waals surface area contributed by atoms with Crippen LogP contribution in [0.5, 0.6) is 0 Å². The number of aliphatic imine (C=N–C) groups is 1. The number of hydrogen-bond acceptors (Lipinski definition) is 3. The molecule has 0 aromatic heterocycles. The average molecular weight is 365 g/mol. The van der Waals surface area contributed by atoms with Gasteiger partial charge in [-0.1, -0.05) is 70.4 Å². The van der Waals surface area contributed by atoms with Crippen LogP contribution < -0.4 is 5.32 Å². The Hall–Kier alpha value is -0.830. The van der Waals surface area contributed by atoms with E-state index in [1.54, 1.807) is 0 Å². The summed E-state index contributed by atoms with van der Waals surface area (Å²) in [7, 11) is 0. The maximum absolute atomic E-state index is 9.09. The molecule has 0 saturated carbocycles. The van der Waals surface area contributed by atoms with Crippen molar-refractivity contribution in [1.29, 1.82) is 0 Å². The molecule has 1 unspecified atom stereocenters. The Kier molecular flexibility index (Phi) is 15.7. The quantitative estimate of drug-likeness (QED) is 0.230. The van der Waals surface area contributed by atoms with Crippen LogP contribution in [-0.2, 0) is 0 Å². The predicted molar refractivity (Wildman–Crippen MR) is 115 cm³/mol. The van der Waals surface area contributed by atoms with Crippen LogP contribution in [0, 0.1) is 5.92 Å². The van der Waals surface area contributed by atoms with Crippen LogP contribution in [0.4, 0.5) is 0 Å². The van der Waals surface area contributed by atoms with Gasteiger partial charge < -0.3 is 10.4 Å². The SMILES string of the molecule is CCCCCCCCC=CCCCCCCC(CCCO)C1=NCCN1. The lowest BCUT2D eigenvalue weighted by atomic mass is 9.94. The molecule has 0 radical (unpaired) electrons. The van der Waals surface area contributed by atoms with E-state index in [1.165, 1.54) is 89.3 Å². The number of aliphatic hydroxyl groups excluding tert-OH is 1. The van der Waals surface area contributed by atoms with E-state index in [9.17, 15) is 0 Å². The van der Waals surface area contributed by atoms with Crippen LogP contribution >= 0.6 is 0 Å². The van der Waals surface area contributed by atoms with Crippen LogP contribution in [0.25, 0.3) is 0 Å². The molecule has 3 heteroatoms. The second-order valence-electron chi connectivity index (χ2n) is 7.78. The standard InChI is InChI=1S/C23H44N2O/c1-2-3-4-5-6-7-8-9-10-11-12-13-14-15-17-22(18-16-21-26)23-24-19-20-25-23/h9-10,22,26H,2-8,11-21H2,1H3,(H,24,25). The Bertz CT molecular complexity index is 365. The third-order valence-electron chi connectivity index (χ3n) is 5.36. The van der Waals surface area contributed by atoms with Gasteiger partial charge in [0.25, 0.3) is 0 Å². The maximum atomic E-state index is 9.09. The summed E-state index contributed by atoms with van der Waals surface area (Å²) in [6.45, 7) is 4.50. The van der Waals surface area contributed by atoms with E-state index in [2.05, 4.69) is 29.4 Å². The summed E-state index contributed by atoms with van der Waals surface area (Å²) >= 11 is 0. The van der Waals surface area contributed by atoms with Crippen molar-refractivity contribution in [2.45, 2.75) is 103 Å². The van der Waals surface area contributed by atoms with Crippen molar-refractivity contribution >= 4 is 5.84 Å². The van der Waals surface area contributed by atoms with Crippen LogP contribution in [0.2, 0.25) is 0 Å². The van der Waals surface area contributed by atoms with Crippen LogP contribution in [0.3, 0.4) is 0 Å². The predicted octanol–water partition coefficient (Wildman–Crippen LogP) is 6.02. The molecule has 0 bridgehead atoms. The van der Waals surface area contributed by atoms with Gasteiger partial charge >= 0.3 is 0 Å². The molecule has 1 aliphatic heterocycles. The lowest BCUT2D eigenvalue weighted by molar-refractivity contribution is 0.276. The van der Waals surface area contributed by atoms with Crippen molar-refractivity contribution in [2.75, 3.05) is 19.7 Å². The summed E-state index contributed by atoms with van der Waals surface area (Å²) < 4.78 is 0. The summed E-state index contributed by atoms with van der Waals surface area (Å²) in [6.07, 6.45) is 24.2. The highest BCUT2D eigenvalue weighted by Gasteiger charge is 2.17. The monoisotopic (exact) mass is 364 g/mol. The average Bonchev–Trinajstić information content (AvgIpc) is 3.19. The fourth-order valence-electron chi connectivity index (χ4n) is 3.73. The number of rotatable bonds is 18. The highest BCUT2D eigenvalue weighted by molar-refractivity contribution is 5.85. The molecule has 2 N–H and O–H groups in total. The van der Waals surface area contributed by atoms with Crippen molar-refractivity contribution in [3.05, 3.63) is 12.2 Å². The summed E-state index contributed by atoms with van der Waals surface area (Å²) in [5, 5.41) is 12.5. The zero-order valence-corrected chi connectivity index (χ0v) is 17.4. The van der Waals surface area contributed by atoms with Crippen molar-refractivity contribution in [3.8, 4) is 0 Å². The molecule has 0 amide bonds. The van der Waals surface area contributed by atoms with Crippen LogP contribution in [0.1, 0.15) is 103 Å². The molecular weight excluding hydrogens is 320 g/mol. The van der Waals surface area contributed by atoms with E-state index in [4.69, 9.17) is 5.11 Å². The van der Waals surface area contributed by atoms with Gasteiger partial charge in [0, 0.05) is 19.1 Å². The van der Waals surface area contributed by atoms with E-state index in [0.29, 0.717) is 12.5 Å². The second-order valence-corrected chi connectivity index (χ2v) is 7.78. The topological polar surface area (TPSA) is 44.6 Å². The van der Waals surface area contributed by atoms with Gasteiger partial charge in [-0.05, 0) is 44.9 Å². The number of allylic oxidation sites excluding steroid dienone is 2. The van der Waals surface area contributed by atoms with Crippen molar-refractivity contribution in [3.63, 3.8) is 0 Å². The molecule has 1 rings (SSSR count). The molecule has 0 spiro atoms. The maximum Gasteiger partial charge on any atom is 0.0995 e. The lowest BCUT2D eigenvalue weighted by Gasteiger charge is -2.17. The summed E-state index contributed by atoms with van der Waals surface area (Å²) in [4.78, 5) is 4.59.